The first-order valence-electron chi connectivity index (χ1n) is 13.0. The second kappa shape index (κ2) is 9.70. The van der Waals surface area contributed by atoms with Crippen molar-refractivity contribution in [1.82, 2.24) is 4.90 Å². The van der Waals surface area contributed by atoms with Gasteiger partial charge in [0.2, 0.25) is 0 Å². The topological polar surface area (TPSA) is 65.1 Å². The van der Waals surface area contributed by atoms with Gasteiger partial charge >= 0.3 is 0 Å². The number of hydrogen-bond acceptors (Lipinski definition) is 6. The Labute approximate surface area is 215 Å². The second-order valence-electron chi connectivity index (χ2n) is 12.3. The van der Waals surface area contributed by atoms with Gasteiger partial charge in [-0.15, -0.1) is 0 Å². The molecular formula is C30H41NO5. The number of benzene rings is 1. The first-order chi connectivity index (χ1) is 16.9. The zero-order valence-electron chi connectivity index (χ0n) is 23.1. The minimum atomic E-state index is -0.400. The fourth-order valence-corrected chi connectivity index (χ4v) is 6.05. The first-order valence-corrected chi connectivity index (χ1v) is 13.0. The molecule has 0 saturated carbocycles. The summed E-state index contributed by atoms with van der Waals surface area (Å²) in [7, 11) is 3.31. The third kappa shape index (κ3) is 4.97. The van der Waals surface area contributed by atoms with Gasteiger partial charge in [-0.3, -0.25) is 9.59 Å². The van der Waals surface area contributed by atoms with Crippen LogP contribution in [0.1, 0.15) is 78.7 Å². The van der Waals surface area contributed by atoms with Crippen molar-refractivity contribution in [2.45, 2.75) is 79.2 Å². The SMILES string of the molecule is COCCN1C2=C(C(=O)CC(C)(C)C2)C(c2ccc(OC(C)C)c(OC)c2)C2=C1CC(C)(C)CC2=O. The molecule has 36 heavy (non-hydrogen) atoms. The van der Waals surface area contributed by atoms with Gasteiger partial charge in [-0.05, 0) is 55.2 Å². The summed E-state index contributed by atoms with van der Waals surface area (Å²) in [5.74, 6) is 1.12. The van der Waals surface area contributed by atoms with Crippen LogP contribution in [0.15, 0.2) is 40.7 Å². The van der Waals surface area contributed by atoms with E-state index in [1.165, 1.54) is 0 Å². The molecule has 0 saturated heterocycles. The monoisotopic (exact) mass is 495 g/mol. The predicted molar refractivity (Wildman–Crippen MR) is 140 cm³/mol. The van der Waals surface area contributed by atoms with E-state index in [1.807, 2.05) is 32.0 Å². The Morgan fingerprint density at radius 2 is 1.44 bits per heavy atom. The summed E-state index contributed by atoms with van der Waals surface area (Å²) >= 11 is 0. The number of rotatable bonds is 7. The number of carbonyl (C=O) groups is 2. The van der Waals surface area contributed by atoms with E-state index in [1.54, 1.807) is 14.2 Å². The molecule has 0 atom stereocenters. The van der Waals surface area contributed by atoms with Crippen molar-refractivity contribution in [3.8, 4) is 11.5 Å². The van der Waals surface area contributed by atoms with Gasteiger partial charge in [-0.25, -0.2) is 0 Å². The summed E-state index contributed by atoms with van der Waals surface area (Å²) in [4.78, 5) is 29.9. The van der Waals surface area contributed by atoms with Crippen molar-refractivity contribution < 1.29 is 23.8 Å². The molecule has 0 unspecified atom stereocenters. The van der Waals surface area contributed by atoms with E-state index in [-0.39, 0.29) is 28.5 Å². The molecule has 2 aliphatic carbocycles. The summed E-state index contributed by atoms with van der Waals surface area (Å²) in [5, 5.41) is 0. The van der Waals surface area contributed by atoms with Crippen LogP contribution in [0.25, 0.3) is 0 Å². The Kier molecular flexibility index (Phi) is 7.13. The molecule has 0 spiro atoms. The Balaban J connectivity index is 1.95. The van der Waals surface area contributed by atoms with E-state index >= 15 is 0 Å². The highest BCUT2D eigenvalue weighted by Gasteiger charge is 2.49. The fourth-order valence-electron chi connectivity index (χ4n) is 6.05. The maximum atomic E-state index is 13.8. The first kappa shape index (κ1) is 26.5. The lowest BCUT2D eigenvalue weighted by Gasteiger charge is -2.49. The van der Waals surface area contributed by atoms with Crippen LogP contribution in [0, 0.1) is 10.8 Å². The van der Waals surface area contributed by atoms with Gasteiger partial charge in [0, 0.05) is 55.0 Å². The van der Waals surface area contributed by atoms with E-state index < -0.39 is 5.92 Å². The van der Waals surface area contributed by atoms with E-state index in [2.05, 4.69) is 32.6 Å². The molecule has 0 aromatic heterocycles. The Morgan fingerprint density at radius 3 is 1.92 bits per heavy atom. The van der Waals surface area contributed by atoms with Crippen molar-refractivity contribution in [2.24, 2.45) is 10.8 Å². The highest BCUT2D eigenvalue weighted by atomic mass is 16.5. The molecular weight excluding hydrogens is 454 g/mol. The van der Waals surface area contributed by atoms with Crippen molar-refractivity contribution in [3.63, 3.8) is 0 Å². The summed E-state index contributed by atoms with van der Waals surface area (Å²) in [6.45, 7) is 13.7. The average molecular weight is 496 g/mol. The molecule has 6 nitrogen and oxygen atoms in total. The highest BCUT2D eigenvalue weighted by molar-refractivity contribution is 6.06. The van der Waals surface area contributed by atoms with Crippen molar-refractivity contribution in [2.75, 3.05) is 27.4 Å². The molecule has 1 aromatic carbocycles. The number of carbonyl (C=O) groups excluding carboxylic acids is 2. The Morgan fingerprint density at radius 1 is 0.889 bits per heavy atom. The van der Waals surface area contributed by atoms with E-state index in [4.69, 9.17) is 14.2 Å². The Bertz CT molecular complexity index is 1070. The van der Waals surface area contributed by atoms with Gasteiger partial charge in [0.05, 0.1) is 19.8 Å². The van der Waals surface area contributed by atoms with Crippen molar-refractivity contribution in [3.05, 3.63) is 46.3 Å². The van der Waals surface area contributed by atoms with Crippen LogP contribution in [0.2, 0.25) is 0 Å². The molecule has 1 aromatic rings. The van der Waals surface area contributed by atoms with Gasteiger partial charge in [-0.1, -0.05) is 33.8 Å². The number of ether oxygens (including phenoxy) is 3. The van der Waals surface area contributed by atoms with Crippen LogP contribution in [-0.2, 0) is 14.3 Å². The molecule has 196 valence electrons. The molecule has 6 heteroatoms. The lowest BCUT2D eigenvalue weighted by molar-refractivity contribution is -0.119. The van der Waals surface area contributed by atoms with Crippen LogP contribution >= 0.6 is 0 Å². The van der Waals surface area contributed by atoms with Crippen LogP contribution in [0.5, 0.6) is 11.5 Å². The Hall–Kier alpha value is -2.60. The molecule has 0 radical (unpaired) electrons. The summed E-state index contributed by atoms with van der Waals surface area (Å²) < 4.78 is 17.1. The van der Waals surface area contributed by atoms with Crippen LogP contribution < -0.4 is 9.47 Å². The number of methoxy groups -OCH3 is 2. The average Bonchev–Trinajstić information content (AvgIpc) is 2.75. The predicted octanol–water partition coefficient (Wildman–Crippen LogP) is 5.81. The molecule has 0 fully saturated rings. The number of allylic oxidation sites excluding steroid dienone is 4. The number of Topliss-reactive ketones (excluding diaryl/α,β-unsaturated/α-hetero) is 2. The number of nitrogens with zero attached hydrogens (tertiary/aromatic N) is 1. The molecule has 1 aliphatic heterocycles. The third-order valence-corrected chi connectivity index (χ3v) is 7.42. The molecule has 1 heterocycles. The number of hydrogen-bond donors (Lipinski definition) is 0. The normalized spacial score (nSPS) is 21.6. The molecule has 0 N–H and O–H groups in total. The van der Waals surface area contributed by atoms with Gasteiger partial charge in [0.25, 0.3) is 0 Å². The molecule has 0 bridgehead atoms. The maximum Gasteiger partial charge on any atom is 0.162 e. The lowest BCUT2D eigenvalue weighted by atomic mass is 9.63. The highest BCUT2D eigenvalue weighted by Crippen LogP contribution is 2.54. The maximum absolute atomic E-state index is 13.8. The summed E-state index contributed by atoms with van der Waals surface area (Å²) in [6, 6.07) is 5.84. The molecule has 4 rings (SSSR count). The zero-order valence-corrected chi connectivity index (χ0v) is 23.1. The largest absolute Gasteiger partial charge is 0.493 e. The van der Waals surface area contributed by atoms with Crippen LogP contribution in [-0.4, -0.2) is 49.9 Å². The molecule has 0 amide bonds. The smallest absolute Gasteiger partial charge is 0.162 e. The van der Waals surface area contributed by atoms with Gasteiger partial charge < -0.3 is 19.1 Å². The summed E-state index contributed by atoms with van der Waals surface area (Å²) in [6.07, 6.45) is 2.50. The van der Waals surface area contributed by atoms with Gasteiger partial charge in [0.1, 0.15) is 0 Å². The zero-order chi connectivity index (χ0) is 26.4. The van der Waals surface area contributed by atoms with E-state index in [0.29, 0.717) is 37.5 Å². The third-order valence-electron chi connectivity index (χ3n) is 7.42. The second-order valence-corrected chi connectivity index (χ2v) is 12.3. The standard InChI is InChI=1S/C30H41NO5/c1-18(2)36-24-10-9-19(13-25(24)35-8)26-27-20(14-29(3,4)16-22(27)32)31(11-12-34-7)21-15-30(5,6)17-23(33)28(21)26/h9-10,13,18,26H,11-12,14-17H2,1-8H3. The fraction of sp³-hybridized carbons (Fsp3) is 0.600. The van der Waals surface area contributed by atoms with Crippen LogP contribution in [0.4, 0.5) is 0 Å². The molecule has 3 aliphatic rings. The van der Waals surface area contributed by atoms with E-state index in [9.17, 15) is 9.59 Å². The lowest BCUT2D eigenvalue weighted by Crippen LogP contribution is -2.45. The van der Waals surface area contributed by atoms with Crippen LogP contribution in [0.3, 0.4) is 0 Å². The van der Waals surface area contributed by atoms with Crippen molar-refractivity contribution >= 4 is 11.6 Å². The quantitative estimate of drug-likeness (QED) is 0.475. The van der Waals surface area contributed by atoms with Gasteiger partial charge in [0.15, 0.2) is 23.1 Å². The van der Waals surface area contributed by atoms with E-state index in [0.717, 1.165) is 40.9 Å². The van der Waals surface area contributed by atoms with Gasteiger partial charge in [-0.2, -0.15) is 0 Å². The van der Waals surface area contributed by atoms with Crippen molar-refractivity contribution in [1.29, 1.82) is 0 Å². The number of ketones is 2. The minimum absolute atomic E-state index is 0.00158. The summed E-state index contributed by atoms with van der Waals surface area (Å²) in [5.41, 5.74) is 4.22. The minimum Gasteiger partial charge on any atom is -0.493 e.